The third-order valence-electron chi connectivity index (χ3n) is 2.63. The van der Waals surface area contributed by atoms with Crippen molar-refractivity contribution in [2.45, 2.75) is 33.6 Å². The van der Waals surface area contributed by atoms with E-state index in [-0.39, 0.29) is 12.5 Å². The zero-order valence-corrected chi connectivity index (χ0v) is 11.9. The zero-order chi connectivity index (χ0) is 14.1. The molecule has 3 N–H and O–H groups in total. The van der Waals surface area contributed by atoms with Crippen LogP contribution in [0, 0.1) is 0 Å². The minimum atomic E-state index is -0.0208. The zero-order valence-electron chi connectivity index (χ0n) is 11.9. The molecular weight excluding hydrogens is 242 g/mol. The average Bonchev–Trinajstić information content (AvgIpc) is 2.43. The molecule has 0 aromatic carbocycles. The highest BCUT2D eigenvalue weighted by molar-refractivity contribution is 5.80. The van der Waals surface area contributed by atoms with Crippen LogP contribution in [0.25, 0.3) is 0 Å². The van der Waals surface area contributed by atoms with Gasteiger partial charge in [-0.2, -0.15) is 0 Å². The Hall–Kier alpha value is -1.85. The molecule has 19 heavy (non-hydrogen) atoms. The normalized spacial score (nSPS) is 10.1. The molecular formula is C13H23N5O. The molecule has 1 aromatic rings. The molecule has 1 amide bonds. The molecule has 0 bridgehead atoms. The van der Waals surface area contributed by atoms with Gasteiger partial charge in [-0.15, -0.1) is 0 Å². The summed E-state index contributed by atoms with van der Waals surface area (Å²) in [5, 5.41) is 9.09. The predicted octanol–water partition coefficient (Wildman–Crippen LogP) is 1.41. The summed E-state index contributed by atoms with van der Waals surface area (Å²) >= 11 is 0. The summed E-state index contributed by atoms with van der Waals surface area (Å²) in [6, 6.07) is 0. The van der Waals surface area contributed by atoms with Crippen LogP contribution in [-0.4, -0.2) is 35.5 Å². The molecule has 0 radical (unpaired) electrons. The van der Waals surface area contributed by atoms with E-state index in [2.05, 4.69) is 25.9 Å². The Morgan fingerprint density at radius 1 is 1.16 bits per heavy atom. The van der Waals surface area contributed by atoms with Crippen molar-refractivity contribution in [3.8, 4) is 0 Å². The van der Waals surface area contributed by atoms with Crippen molar-refractivity contribution >= 4 is 17.5 Å². The van der Waals surface area contributed by atoms with Gasteiger partial charge < -0.3 is 16.0 Å². The van der Waals surface area contributed by atoms with Gasteiger partial charge in [0.1, 0.15) is 18.0 Å². The molecule has 0 saturated heterocycles. The van der Waals surface area contributed by atoms with Gasteiger partial charge in [0.05, 0.1) is 6.54 Å². The highest BCUT2D eigenvalue weighted by Crippen LogP contribution is 2.19. The Morgan fingerprint density at radius 3 is 2.42 bits per heavy atom. The lowest BCUT2D eigenvalue weighted by Crippen LogP contribution is -2.30. The minimum absolute atomic E-state index is 0.0208. The smallest absolute Gasteiger partial charge is 0.239 e. The van der Waals surface area contributed by atoms with E-state index < -0.39 is 0 Å². The number of aromatic nitrogens is 2. The maximum atomic E-state index is 11.6. The highest BCUT2D eigenvalue weighted by Gasteiger charge is 2.09. The van der Waals surface area contributed by atoms with Crippen molar-refractivity contribution in [1.29, 1.82) is 0 Å². The van der Waals surface area contributed by atoms with Gasteiger partial charge >= 0.3 is 0 Å². The summed E-state index contributed by atoms with van der Waals surface area (Å²) in [7, 11) is 0. The third kappa shape index (κ3) is 4.73. The molecule has 6 heteroatoms. The Kier molecular flexibility index (Phi) is 6.63. The second-order valence-corrected chi connectivity index (χ2v) is 4.14. The number of hydrogen-bond donors (Lipinski definition) is 3. The van der Waals surface area contributed by atoms with Crippen LogP contribution in [0.1, 0.15) is 32.8 Å². The molecule has 1 aromatic heterocycles. The van der Waals surface area contributed by atoms with Crippen LogP contribution in [-0.2, 0) is 11.2 Å². The first kappa shape index (κ1) is 15.2. The van der Waals surface area contributed by atoms with Crippen molar-refractivity contribution in [3.63, 3.8) is 0 Å². The maximum absolute atomic E-state index is 11.6. The van der Waals surface area contributed by atoms with E-state index in [0.29, 0.717) is 6.54 Å². The Balaban J connectivity index is 2.67. The van der Waals surface area contributed by atoms with Gasteiger partial charge in [0.15, 0.2) is 0 Å². The number of hydrogen-bond acceptors (Lipinski definition) is 5. The molecule has 0 fully saturated rings. The second-order valence-electron chi connectivity index (χ2n) is 4.14. The van der Waals surface area contributed by atoms with Gasteiger partial charge in [-0.1, -0.05) is 13.8 Å². The first-order valence-corrected chi connectivity index (χ1v) is 6.81. The molecule has 1 heterocycles. The van der Waals surface area contributed by atoms with Gasteiger partial charge in [-0.25, -0.2) is 9.97 Å². The number of anilines is 2. The van der Waals surface area contributed by atoms with Crippen LogP contribution in [0.5, 0.6) is 0 Å². The lowest BCUT2D eigenvalue weighted by molar-refractivity contribution is -0.119. The van der Waals surface area contributed by atoms with Crippen molar-refractivity contribution < 1.29 is 4.79 Å². The van der Waals surface area contributed by atoms with E-state index in [1.165, 1.54) is 6.33 Å². The molecule has 6 nitrogen and oxygen atoms in total. The number of nitrogens with zero attached hydrogens (tertiary/aromatic N) is 2. The molecule has 1 rings (SSSR count). The Morgan fingerprint density at radius 2 is 1.84 bits per heavy atom. The predicted molar refractivity (Wildman–Crippen MR) is 77.4 cm³/mol. The first-order valence-electron chi connectivity index (χ1n) is 6.81. The summed E-state index contributed by atoms with van der Waals surface area (Å²) in [6.45, 7) is 7.83. The average molecular weight is 265 g/mol. The summed E-state index contributed by atoms with van der Waals surface area (Å²) < 4.78 is 0. The summed E-state index contributed by atoms with van der Waals surface area (Å²) in [4.78, 5) is 20.0. The van der Waals surface area contributed by atoms with Gasteiger partial charge in [-0.05, 0) is 19.8 Å². The van der Waals surface area contributed by atoms with Crippen LogP contribution >= 0.6 is 0 Å². The molecule has 0 unspecified atom stereocenters. The second kappa shape index (κ2) is 8.29. The number of carbonyl (C=O) groups is 1. The lowest BCUT2D eigenvalue weighted by Gasteiger charge is -2.13. The fraction of sp³-hybridized carbons (Fsp3) is 0.615. The van der Waals surface area contributed by atoms with Gasteiger partial charge in [0.25, 0.3) is 0 Å². The van der Waals surface area contributed by atoms with Crippen LogP contribution < -0.4 is 16.0 Å². The largest absolute Gasteiger partial charge is 0.370 e. The number of nitrogens with one attached hydrogen (secondary N) is 3. The SMILES string of the molecule is CCCNC(=O)CNc1ncnc(NCC)c1CC. The number of rotatable bonds is 8. The molecule has 0 aliphatic rings. The summed E-state index contributed by atoms with van der Waals surface area (Å²) in [6.07, 6.45) is 3.25. The van der Waals surface area contributed by atoms with Crippen molar-refractivity contribution in [2.75, 3.05) is 30.3 Å². The first-order chi connectivity index (χ1) is 9.22. The quantitative estimate of drug-likeness (QED) is 0.662. The van der Waals surface area contributed by atoms with Gasteiger partial charge in [0, 0.05) is 18.7 Å². The van der Waals surface area contributed by atoms with E-state index >= 15 is 0 Å². The Bertz CT molecular complexity index is 408. The minimum Gasteiger partial charge on any atom is -0.370 e. The van der Waals surface area contributed by atoms with Crippen molar-refractivity contribution in [2.24, 2.45) is 0 Å². The van der Waals surface area contributed by atoms with E-state index in [1.807, 2.05) is 20.8 Å². The van der Waals surface area contributed by atoms with Crippen LogP contribution in [0.4, 0.5) is 11.6 Å². The van der Waals surface area contributed by atoms with Crippen LogP contribution in [0.2, 0.25) is 0 Å². The van der Waals surface area contributed by atoms with E-state index in [9.17, 15) is 4.79 Å². The van der Waals surface area contributed by atoms with E-state index in [1.54, 1.807) is 0 Å². The van der Waals surface area contributed by atoms with Crippen molar-refractivity contribution in [1.82, 2.24) is 15.3 Å². The molecule has 106 valence electrons. The standard InChI is InChI=1S/C13H23N5O/c1-4-7-15-11(19)8-16-13-10(5-2)12(14-6-3)17-9-18-13/h9H,4-8H2,1-3H3,(H,15,19)(H2,14,16,17,18). The van der Waals surface area contributed by atoms with Crippen LogP contribution in [0.3, 0.4) is 0 Å². The molecule has 0 aliphatic heterocycles. The fourth-order valence-electron chi connectivity index (χ4n) is 1.71. The van der Waals surface area contributed by atoms with Crippen LogP contribution in [0.15, 0.2) is 6.33 Å². The molecule has 0 atom stereocenters. The monoisotopic (exact) mass is 265 g/mol. The summed E-state index contributed by atoms with van der Waals surface area (Å²) in [5.74, 6) is 1.53. The van der Waals surface area contributed by atoms with Gasteiger partial charge in [0.2, 0.25) is 5.91 Å². The van der Waals surface area contributed by atoms with E-state index in [4.69, 9.17) is 0 Å². The maximum Gasteiger partial charge on any atom is 0.239 e. The fourth-order valence-corrected chi connectivity index (χ4v) is 1.71. The molecule has 0 spiro atoms. The number of carbonyl (C=O) groups excluding carboxylic acids is 1. The Labute approximate surface area is 114 Å². The third-order valence-corrected chi connectivity index (χ3v) is 2.63. The summed E-state index contributed by atoms with van der Waals surface area (Å²) in [5.41, 5.74) is 1.01. The number of amides is 1. The highest BCUT2D eigenvalue weighted by atomic mass is 16.1. The molecule has 0 saturated carbocycles. The van der Waals surface area contributed by atoms with Crippen molar-refractivity contribution in [3.05, 3.63) is 11.9 Å². The van der Waals surface area contributed by atoms with E-state index in [0.717, 1.165) is 36.6 Å². The lowest BCUT2D eigenvalue weighted by atomic mass is 10.2. The topological polar surface area (TPSA) is 78.9 Å². The van der Waals surface area contributed by atoms with Gasteiger partial charge in [-0.3, -0.25) is 4.79 Å². The molecule has 0 aliphatic carbocycles.